The normalized spacial score (nSPS) is 16.2. The highest BCUT2D eigenvalue weighted by Gasteiger charge is 2.24. The van der Waals surface area contributed by atoms with Gasteiger partial charge in [-0.25, -0.2) is 9.97 Å². The maximum absolute atomic E-state index is 5.31. The van der Waals surface area contributed by atoms with Crippen molar-refractivity contribution in [3.05, 3.63) is 60.0 Å². The lowest BCUT2D eigenvalue weighted by Crippen LogP contribution is -2.32. The number of aryl methyl sites for hydroxylation is 1. The quantitative estimate of drug-likeness (QED) is 0.729. The summed E-state index contributed by atoms with van der Waals surface area (Å²) in [4.78, 5) is 15.8. The Morgan fingerprint density at radius 2 is 1.80 bits per heavy atom. The minimum Gasteiger partial charge on any atom is -0.339 e. The van der Waals surface area contributed by atoms with Gasteiger partial charge in [-0.05, 0) is 32.9 Å². The molecule has 0 bridgehead atoms. The van der Waals surface area contributed by atoms with E-state index in [1.165, 1.54) is 0 Å². The lowest BCUT2D eigenvalue weighted by molar-refractivity contribution is 0.187. The first-order chi connectivity index (χ1) is 12.3. The predicted octanol–water partition coefficient (Wildman–Crippen LogP) is 3.21. The monoisotopic (exact) mass is 335 g/mol. The molecular weight excluding hydrogens is 314 g/mol. The predicted molar refractivity (Wildman–Crippen MR) is 93.8 cm³/mol. The first-order valence-electron chi connectivity index (χ1n) is 8.67. The lowest BCUT2D eigenvalue weighted by atomic mass is 9.96. The van der Waals surface area contributed by atoms with Crippen molar-refractivity contribution in [2.24, 2.45) is 0 Å². The van der Waals surface area contributed by atoms with Crippen molar-refractivity contribution in [1.29, 1.82) is 0 Å². The molecule has 0 amide bonds. The molecule has 1 aliphatic heterocycles. The Labute approximate surface area is 146 Å². The van der Waals surface area contributed by atoms with E-state index in [0.717, 1.165) is 55.3 Å². The standard InChI is InChI=1S/C19H21N5O/c1-14-22-19(25-23-14)17-7-9-24(10-8-17)13-15-11-20-18(21-12-15)16-5-3-2-4-6-16/h2-6,11-12,17H,7-10,13H2,1H3. The summed E-state index contributed by atoms with van der Waals surface area (Å²) < 4.78 is 5.31. The van der Waals surface area contributed by atoms with Crippen LogP contribution in [0.4, 0.5) is 0 Å². The van der Waals surface area contributed by atoms with Crippen LogP contribution in [0.5, 0.6) is 0 Å². The number of benzene rings is 1. The van der Waals surface area contributed by atoms with Crippen LogP contribution in [0, 0.1) is 6.92 Å². The van der Waals surface area contributed by atoms with Crippen molar-refractivity contribution in [2.75, 3.05) is 13.1 Å². The first-order valence-corrected chi connectivity index (χ1v) is 8.67. The number of hydrogen-bond acceptors (Lipinski definition) is 6. The number of aromatic nitrogens is 4. The highest BCUT2D eigenvalue weighted by molar-refractivity contribution is 5.53. The third-order valence-electron chi connectivity index (χ3n) is 4.62. The van der Waals surface area contributed by atoms with Gasteiger partial charge in [-0.3, -0.25) is 4.90 Å². The summed E-state index contributed by atoms with van der Waals surface area (Å²) >= 11 is 0. The minimum absolute atomic E-state index is 0.383. The molecule has 0 atom stereocenters. The largest absolute Gasteiger partial charge is 0.339 e. The summed E-state index contributed by atoms with van der Waals surface area (Å²) in [5.41, 5.74) is 2.19. The second kappa shape index (κ2) is 7.11. The molecule has 0 spiro atoms. The van der Waals surface area contributed by atoms with Gasteiger partial charge in [-0.15, -0.1) is 0 Å². The second-order valence-corrected chi connectivity index (χ2v) is 6.51. The Hall–Kier alpha value is -2.60. The van der Waals surface area contributed by atoms with Crippen LogP contribution in [0.2, 0.25) is 0 Å². The van der Waals surface area contributed by atoms with Gasteiger partial charge in [0.2, 0.25) is 5.89 Å². The molecule has 0 radical (unpaired) electrons. The summed E-state index contributed by atoms with van der Waals surface area (Å²) in [5, 5.41) is 3.90. The average Bonchev–Trinajstić information content (AvgIpc) is 3.10. The fraction of sp³-hybridized carbons (Fsp3) is 0.368. The summed E-state index contributed by atoms with van der Waals surface area (Å²) in [6.07, 6.45) is 5.96. The fourth-order valence-corrected chi connectivity index (χ4v) is 3.25. The third kappa shape index (κ3) is 3.74. The van der Waals surface area contributed by atoms with Gasteiger partial charge < -0.3 is 4.52 Å². The average molecular weight is 335 g/mol. The molecule has 6 heteroatoms. The minimum atomic E-state index is 0.383. The topological polar surface area (TPSA) is 67.9 Å². The number of piperidine rings is 1. The third-order valence-corrected chi connectivity index (χ3v) is 4.62. The molecule has 3 heterocycles. The zero-order chi connectivity index (χ0) is 17.1. The first kappa shape index (κ1) is 15.9. The molecule has 1 aromatic carbocycles. The maximum Gasteiger partial charge on any atom is 0.229 e. The van der Waals surface area contributed by atoms with Crippen molar-refractivity contribution in [3.63, 3.8) is 0 Å². The van der Waals surface area contributed by atoms with Gasteiger partial charge >= 0.3 is 0 Å². The molecule has 1 fully saturated rings. The zero-order valence-corrected chi connectivity index (χ0v) is 14.3. The molecule has 1 aliphatic rings. The van der Waals surface area contributed by atoms with Crippen LogP contribution in [0.25, 0.3) is 11.4 Å². The van der Waals surface area contributed by atoms with E-state index in [4.69, 9.17) is 4.52 Å². The van der Waals surface area contributed by atoms with Crippen LogP contribution < -0.4 is 0 Å². The Kier molecular flexibility index (Phi) is 4.52. The molecule has 25 heavy (non-hydrogen) atoms. The van der Waals surface area contributed by atoms with Gasteiger partial charge in [-0.1, -0.05) is 35.5 Å². The molecule has 6 nitrogen and oxygen atoms in total. The highest BCUT2D eigenvalue weighted by atomic mass is 16.5. The van der Waals surface area contributed by atoms with E-state index in [1.54, 1.807) is 0 Å². The number of nitrogens with zero attached hydrogens (tertiary/aromatic N) is 5. The molecule has 3 aromatic rings. The van der Waals surface area contributed by atoms with Gasteiger partial charge in [0.25, 0.3) is 0 Å². The van der Waals surface area contributed by atoms with E-state index in [1.807, 2.05) is 49.6 Å². The van der Waals surface area contributed by atoms with Crippen LogP contribution >= 0.6 is 0 Å². The van der Waals surface area contributed by atoms with Crippen LogP contribution in [0.15, 0.2) is 47.2 Å². The van der Waals surface area contributed by atoms with E-state index in [9.17, 15) is 0 Å². The number of rotatable bonds is 4. The van der Waals surface area contributed by atoms with E-state index >= 15 is 0 Å². The highest BCUT2D eigenvalue weighted by Crippen LogP contribution is 2.27. The van der Waals surface area contributed by atoms with Crippen molar-refractivity contribution in [2.45, 2.75) is 32.2 Å². The smallest absolute Gasteiger partial charge is 0.229 e. The van der Waals surface area contributed by atoms with Crippen LogP contribution in [-0.4, -0.2) is 38.1 Å². The lowest BCUT2D eigenvalue weighted by Gasteiger charge is -2.30. The molecule has 0 unspecified atom stereocenters. The summed E-state index contributed by atoms with van der Waals surface area (Å²) in [6.45, 7) is 4.78. The molecule has 128 valence electrons. The molecule has 0 saturated carbocycles. The molecular formula is C19H21N5O. The Morgan fingerprint density at radius 1 is 1.08 bits per heavy atom. The van der Waals surface area contributed by atoms with Crippen LogP contribution in [0.3, 0.4) is 0 Å². The summed E-state index contributed by atoms with van der Waals surface area (Å²) in [7, 11) is 0. The molecule has 0 aliphatic carbocycles. The van der Waals surface area contributed by atoms with Crippen molar-refractivity contribution < 1.29 is 4.52 Å². The van der Waals surface area contributed by atoms with E-state index in [0.29, 0.717) is 11.7 Å². The van der Waals surface area contributed by atoms with Gasteiger partial charge in [0, 0.05) is 36.0 Å². The SMILES string of the molecule is Cc1noc(C2CCN(Cc3cnc(-c4ccccc4)nc3)CC2)n1. The van der Waals surface area contributed by atoms with Crippen LogP contribution in [-0.2, 0) is 6.54 Å². The molecule has 0 N–H and O–H groups in total. The summed E-state index contributed by atoms with van der Waals surface area (Å²) in [5.74, 6) is 2.66. The fourth-order valence-electron chi connectivity index (χ4n) is 3.25. The Morgan fingerprint density at radius 3 is 2.44 bits per heavy atom. The second-order valence-electron chi connectivity index (χ2n) is 6.51. The van der Waals surface area contributed by atoms with Gasteiger partial charge in [-0.2, -0.15) is 4.98 Å². The van der Waals surface area contributed by atoms with Gasteiger partial charge in [0.15, 0.2) is 11.6 Å². The van der Waals surface area contributed by atoms with E-state index in [2.05, 4.69) is 25.0 Å². The number of hydrogen-bond donors (Lipinski definition) is 0. The van der Waals surface area contributed by atoms with Crippen molar-refractivity contribution in [3.8, 4) is 11.4 Å². The van der Waals surface area contributed by atoms with Gasteiger partial charge in [0.05, 0.1) is 0 Å². The molecule has 2 aromatic heterocycles. The molecule has 1 saturated heterocycles. The zero-order valence-electron chi connectivity index (χ0n) is 14.3. The Bertz CT molecular complexity index is 807. The maximum atomic E-state index is 5.31. The van der Waals surface area contributed by atoms with E-state index < -0.39 is 0 Å². The summed E-state index contributed by atoms with van der Waals surface area (Å²) in [6, 6.07) is 10.1. The van der Waals surface area contributed by atoms with Crippen molar-refractivity contribution in [1.82, 2.24) is 25.0 Å². The van der Waals surface area contributed by atoms with Gasteiger partial charge in [0.1, 0.15) is 0 Å². The Balaban J connectivity index is 1.34. The van der Waals surface area contributed by atoms with Crippen LogP contribution in [0.1, 0.15) is 36.0 Å². The van der Waals surface area contributed by atoms with Crippen molar-refractivity contribution >= 4 is 0 Å². The number of likely N-dealkylation sites (tertiary alicyclic amines) is 1. The van der Waals surface area contributed by atoms with E-state index in [-0.39, 0.29) is 0 Å². The molecule has 4 rings (SSSR count).